The van der Waals surface area contributed by atoms with Crippen LogP contribution in [-0.4, -0.2) is 11.5 Å². The van der Waals surface area contributed by atoms with Crippen molar-refractivity contribution >= 4 is 10.9 Å². The van der Waals surface area contributed by atoms with Crippen molar-refractivity contribution in [3.8, 4) is 0 Å². The summed E-state index contributed by atoms with van der Waals surface area (Å²) in [6, 6.07) is 11.1. The minimum Gasteiger partial charge on any atom is -0.310 e. The second kappa shape index (κ2) is 7.39. The Morgan fingerprint density at radius 3 is 2.50 bits per heavy atom. The molecule has 0 saturated carbocycles. The average molecular weight is 270 g/mol. The molecule has 2 aromatic rings. The van der Waals surface area contributed by atoms with Crippen LogP contribution in [0.2, 0.25) is 0 Å². The van der Waals surface area contributed by atoms with Crippen molar-refractivity contribution < 1.29 is 0 Å². The van der Waals surface area contributed by atoms with Crippen molar-refractivity contribution in [1.82, 2.24) is 10.3 Å². The lowest BCUT2D eigenvalue weighted by atomic mass is 9.87. The topological polar surface area (TPSA) is 24.9 Å². The Morgan fingerprint density at radius 1 is 1.05 bits per heavy atom. The Kier molecular flexibility index (Phi) is 5.54. The Hall–Kier alpha value is -1.41. The van der Waals surface area contributed by atoms with Gasteiger partial charge < -0.3 is 5.32 Å². The van der Waals surface area contributed by atoms with Crippen molar-refractivity contribution in [2.75, 3.05) is 6.54 Å². The fourth-order valence-electron chi connectivity index (χ4n) is 2.98. The molecule has 0 aliphatic rings. The summed E-state index contributed by atoms with van der Waals surface area (Å²) in [4.78, 5) is 4.49. The van der Waals surface area contributed by atoms with Gasteiger partial charge in [0.05, 0.1) is 5.52 Å². The first-order valence-corrected chi connectivity index (χ1v) is 7.88. The number of nitrogens with zero attached hydrogens (tertiary/aromatic N) is 1. The van der Waals surface area contributed by atoms with E-state index in [9.17, 15) is 0 Å². The van der Waals surface area contributed by atoms with Crippen LogP contribution in [0.1, 0.15) is 51.6 Å². The summed E-state index contributed by atoms with van der Waals surface area (Å²) in [7, 11) is 0. The van der Waals surface area contributed by atoms with E-state index >= 15 is 0 Å². The molecule has 20 heavy (non-hydrogen) atoms. The van der Waals surface area contributed by atoms with E-state index in [-0.39, 0.29) is 0 Å². The highest BCUT2D eigenvalue weighted by Crippen LogP contribution is 2.31. The molecule has 0 radical (unpaired) electrons. The molecule has 0 bridgehead atoms. The SMILES string of the molecule is CCCNC(c1ccnc2ccccc12)C(CC)CC. The molecule has 0 spiro atoms. The lowest BCUT2D eigenvalue weighted by Crippen LogP contribution is -2.28. The van der Waals surface area contributed by atoms with Crippen LogP contribution in [0, 0.1) is 5.92 Å². The van der Waals surface area contributed by atoms with Gasteiger partial charge in [-0.15, -0.1) is 0 Å². The van der Waals surface area contributed by atoms with Gasteiger partial charge in [-0.2, -0.15) is 0 Å². The van der Waals surface area contributed by atoms with Crippen molar-refractivity contribution in [1.29, 1.82) is 0 Å². The van der Waals surface area contributed by atoms with E-state index < -0.39 is 0 Å². The van der Waals surface area contributed by atoms with Gasteiger partial charge in [-0.25, -0.2) is 0 Å². The second-order valence-electron chi connectivity index (χ2n) is 5.43. The van der Waals surface area contributed by atoms with E-state index in [4.69, 9.17) is 0 Å². The van der Waals surface area contributed by atoms with Crippen LogP contribution in [0.5, 0.6) is 0 Å². The zero-order chi connectivity index (χ0) is 14.4. The Labute approximate surface area is 122 Å². The van der Waals surface area contributed by atoms with Gasteiger partial charge in [-0.05, 0) is 36.6 Å². The zero-order valence-corrected chi connectivity index (χ0v) is 12.9. The molecule has 0 saturated heterocycles. The smallest absolute Gasteiger partial charge is 0.0705 e. The number of para-hydroxylation sites is 1. The summed E-state index contributed by atoms with van der Waals surface area (Å²) in [5.74, 6) is 0.673. The maximum atomic E-state index is 4.49. The molecule has 108 valence electrons. The lowest BCUT2D eigenvalue weighted by molar-refractivity contribution is 0.343. The highest BCUT2D eigenvalue weighted by molar-refractivity contribution is 5.82. The number of nitrogens with one attached hydrogen (secondary N) is 1. The molecule has 1 aromatic heterocycles. The summed E-state index contributed by atoms with van der Waals surface area (Å²) in [6.07, 6.45) is 5.52. The molecule has 2 heteroatoms. The zero-order valence-electron chi connectivity index (χ0n) is 12.9. The van der Waals surface area contributed by atoms with Crippen LogP contribution in [0.4, 0.5) is 0 Å². The number of pyridine rings is 1. The van der Waals surface area contributed by atoms with Gasteiger partial charge in [0.15, 0.2) is 0 Å². The number of rotatable bonds is 7. The van der Waals surface area contributed by atoms with Crippen molar-refractivity contribution in [3.05, 3.63) is 42.1 Å². The number of hydrogen-bond donors (Lipinski definition) is 1. The molecule has 1 N–H and O–H groups in total. The largest absolute Gasteiger partial charge is 0.310 e. The molecule has 2 nitrogen and oxygen atoms in total. The first kappa shape index (κ1) is 15.0. The Balaban J connectivity index is 2.44. The molecular formula is C18H26N2. The molecule has 1 aromatic carbocycles. The van der Waals surface area contributed by atoms with Crippen LogP contribution >= 0.6 is 0 Å². The van der Waals surface area contributed by atoms with E-state index in [0.717, 1.165) is 12.1 Å². The number of hydrogen-bond acceptors (Lipinski definition) is 2. The highest BCUT2D eigenvalue weighted by Gasteiger charge is 2.21. The quantitative estimate of drug-likeness (QED) is 0.788. The predicted octanol–water partition coefficient (Wildman–Crippen LogP) is 4.71. The number of aromatic nitrogens is 1. The molecule has 1 atom stereocenters. The molecule has 0 amide bonds. The third kappa shape index (κ3) is 3.18. The van der Waals surface area contributed by atoms with Gasteiger partial charge >= 0.3 is 0 Å². The monoisotopic (exact) mass is 270 g/mol. The fraction of sp³-hybridized carbons (Fsp3) is 0.500. The van der Waals surface area contributed by atoms with Gasteiger partial charge in [0, 0.05) is 17.6 Å². The van der Waals surface area contributed by atoms with Gasteiger partial charge in [0.1, 0.15) is 0 Å². The van der Waals surface area contributed by atoms with Crippen LogP contribution in [0.25, 0.3) is 10.9 Å². The summed E-state index contributed by atoms with van der Waals surface area (Å²) in [5.41, 5.74) is 2.50. The fourth-order valence-corrected chi connectivity index (χ4v) is 2.98. The normalized spacial score (nSPS) is 13.0. The van der Waals surface area contributed by atoms with Crippen LogP contribution in [-0.2, 0) is 0 Å². The predicted molar refractivity (Wildman–Crippen MR) is 86.8 cm³/mol. The highest BCUT2D eigenvalue weighted by atomic mass is 14.9. The molecule has 1 heterocycles. The molecule has 0 fully saturated rings. The van der Waals surface area contributed by atoms with Crippen LogP contribution in [0.15, 0.2) is 36.5 Å². The van der Waals surface area contributed by atoms with E-state index in [2.05, 4.69) is 61.4 Å². The summed E-state index contributed by atoms with van der Waals surface area (Å²) >= 11 is 0. The van der Waals surface area contributed by atoms with Crippen molar-refractivity contribution in [2.45, 2.75) is 46.1 Å². The first-order valence-electron chi connectivity index (χ1n) is 7.88. The summed E-state index contributed by atoms with van der Waals surface area (Å²) in [5, 5.41) is 5.04. The minimum atomic E-state index is 0.429. The van der Waals surface area contributed by atoms with Crippen LogP contribution < -0.4 is 5.32 Å². The summed E-state index contributed by atoms with van der Waals surface area (Å²) < 4.78 is 0. The standard InChI is InChI=1S/C18H26N2/c1-4-12-20-18(14(5-2)6-3)16-11-13-19-17-10-8-7-9-15(16)17/h7-11,13-14,18,20H,4-6,12H2,1-3H3. The Bertz CT molecular complexity index is 526. The molecule has 1 unspecified atom stereocenters. The molecule has 0 aliphatic carbocycles. The number of fused-ring (bicyclic) bond motifs is 1. The lowest BCUT2D eigenvalue weighted by Gasteiger charge is -2.28. The van der Waals surface area contributed by atoms with E-state index in [1.165, 1.54) is 30.2 Å². The Morgan fingerprint density at radius 2 is 1.80 bits per heavy atom. The maximum Gasteiger partial charge on any atom is 0.0705 e. The third-order valence-electron chi connectivity index (χ3n) is 4.15. The molecule has 2 rings (SSSR count). The number of benzene rings is 1. The van der Waals surface area contributed by atoms with Gasteiger partial charge in [-0.1, -0.05) is 51.8 Å². The first-order chi connectivity index (χ1) is 9.81. The third-order valence-corrected chi connectivity index (χ3v) is 4.15. The molecule has 0 aliphatic heterocycles. The average Bonchev–Trinajstić information content (AvgIpc) is 2.51. The van der Waals surface area contributed by atoms with Crippen LogP contribution in [0.3, 0.4) is 0 Å². The maximum absolute atomic E-state index is 4.49. The van der Waals surface area contributed by atoms with E-state index in [0.29, 0.717) is 12.0 Å². The molecular weight excluding hydrogens is 244 g/mol. The minimum absolute atomic E-state index is 0.429. The second-order valence-corrected chi connectivity index (χ2v) is 5.43. The van der Waals surface area contributed by atoms with Crippen molar-refractivity contribution in [2.24, 2.45) is 5.92 Å². The van der Waals surface area contributed by atoms with Crippen molar-refractivity contribution in [3.63, 3.8) is 0 Å². The van der Waals surface area contributed by atoms with Gasteiger partial charge in [-0.3, -0.25) is 4.98 Å². The van der Waals surface area contributed by atoms with Gasteiger partial charge in [0.2, 0.25) is 0 Å². The van der Waals surface area contributed by atoms with E-state index in [1.54, 1.807) is 0 Å². The summed E-state index contributed by atoms with van der Waals surface area (Å²) in [6.45, 7) is 7.87. The van der Waals surface area contributed by atoms with E-state index in [1.807, 2.05) is 6.20 Å². The van der Waals surface area contributed by atoms with Gasteiger partial charge in [0.25, 0.3) is 0 Å².